The number of thiophene rings is 1. The third kappa shape index (κ3) is 2.76. The van der Waals surface area contributed by atoms with Crippen LogP contribution >= 0.6 is 11.3 Å². The second kappa shape index (κ2) is 4.75. The first-order valence-electron chi connectivity index (χ1n) is 5.49. The van der Waals surface area contributed by atoms with E-state index in [1.165, 1.54) is 11.3 Å². The molecule has 1 aliphatic heterocycles. The number of carbonyl (C=O) groups is 2. The van der Waals surface area contributed by atoms with Gasteiger partial charge in [0.15, 0.2) is 0 Å². The summed E-state index contributed by atoms with van der Waals surface area (Å²) in [5.41, 5.74) is 6.35. The molecular weight excluding hydrogens is 238 g/mol. The van der Waals surface area contributed by atoms with Crippen LogP contribution in [0.2, 0.25) is 0 Å². The molecular formula is C11H15N3O2S. The van der Waals surface area contributed by atoms with Crippen LogP contribution < -0.4 is 16.4 Å². The van der Waals surface area contributed by atoms with Crippen molar-refractivity contribution < 1.29 is 9.59 Å². The maximum absolute atomic E-state index is 11.9. The van der Waals surface area contributed by atoms with E-state index in [0.717, 1.165) is 4.88 Å². The quantitative estimate of drug-likeness (QED) is 0.723. The number of nitrogens with one attached hydrogen (secondary N) is 2. The summed E-state index contributed by atoms with van der Waals surface area (Å²) in [5.74, 6) is -0.0670. The van der Waals surface area contributed by atoms with Gasteiger partial charge in [0.25, 0.3) is 5.91 Å². The molecule has 1 aromatic heterocycles. The number of carbonyl (C=O) groups excluding carboxylic acids is 2. The minimum atomic E-state index is -0.115. The average Bonchev–Trinajstić information content (AvgIpc) is 2.63. The molecule has 4 N–H and O–H groups in total. The molecule has 1 atom stereocenters. The highest BCUT2D eigenvalue weighted by molar-refractivity contribution is 7.14. The zero-order valence-electron chi connectivity index (χ0n) is 9.58. The van der Waals surface area contributed by atoms with E-state index in [1.54, 1.807) is 6.07 Å². The molecule has 2 heterocycles. The number of aryl methyl sites for hydroxylation is 1. The smallest absolute Gasteiger partial charge is 0.261 e. The molecule has 1 saturated heterocycles. The van der Waals surface area contributed by atoms with Crippen LogP contribution in [0.15, 0.2) is 6.07 Å². The van der Waals surface area contributed by atoms with Crippen LogP contribution in [0.1, 0.15) is 27.4 Å². The Hall–Kier alpha value is -1.56. The largest absolute Gasteiger partial charge is 0.398 e. The van der Waals surface area contributed by atoms with Crippen LogP contribution in [-0.4, -0.2) is 24.4 Å². The molecule has 0 bridgehead atoms. The normalized spacial score (nSPS) is 19.8. The number of nitrogen functional groups attached to an aromatic ring is 1. The van der Waals surface area contributed by atoms with Gasteiger partial charge >= 0.3 is 0 Å². The van der Waals surface area contributed by atoms with E-state index in [-0.39, 0.29) is 17.9 Å². The molecule has 6 heteroatoms. The number of hydrogen-bond donors (Lipinski definition) is 3. The fourth-order valence-electron chi connectivity index (χ4n) is 1.72. The highest BCUT2D eigenvalue weighted by Gasteiger charge is 2.21. The number of piperidine rings is 1. The second-order valence-corrected chi connectivity index (χ2v) is 5.39. The van der Waals surface area contributed by atoms with Crippen molar-refractivity contribution in [2.24, 2.45) is 0 Å². The molecule has 5 nitrogen and oxygen atoms in total. The molecule has 2 amide bonds. The van der Waals surface area contributed by atoms with Gasteiger partial charge < -0.3 is 16.4 Å². The van der Waals surface area contributed by atoms with Crippen LogP contribution in [0, 0.1) is 6.92 Å². The molecule has 1 fully saturated rings. The van der Waals surface area contributed by atoms with Gasteiger partial charge in [-0.25, -0.2) is 0 Å². The van der Waals surface area contributed by atoms with Crippen LogP contribution in [0.4, 0.5) is 5.69 Å². The van der Waals surface area contributed by atoms with Gasteiger partial charge in [0, 0.05) is 29.6 Å². The molecule has 1 unspecified atom stereocenters. The first-order valence-corrected chi connectivity index (χ1v) is 6.31. The molecule has 92 valence electrons. The van der Waals surface area contributed by atoms with Crippen molar-refractivity contribution in [3.8, 4) is 0 Å². The lowest BCUT2D eigenvalue weighted by molar-refractivity contribution is -0.122. The molecule has 0 radical (unpaired) electrons. The third-order valence-electron chi connectivity index (χ3n) is 2.78. The van der Waals surface area contributed by atoms with Crippen molar-refractivity contribution in [3.05, 3.63) is 15.8 Å². The van der Waals surface area contributed by atoms with E-state index < -0.39 is 0 Å². The van der Waals surface area contributed by atoms with Crippen molar-refractivity contribution in [2.45, 2.75) is 25.8 Å². The van der Waals surface area contributed by atoms with Crippen LogP contribution in [0.25, 0.3) is 0 Å². The van der Waals surface area contributed by atoms with E-state index in [9.17, 15) is 9.59 Å². The first kappa shape index (κ1) is 11.9. The first-order chi connectivity index (χ1) is 8.06. The molecule has 2 rings (SSSR count). The molecule has 17 heavy (non-hydrogen) atoms. The van der Waals surface area contributed by atoms with E-state index in [0.29, 0.717) is 30.0 Å². The second-order valence-electron chi connectivity index (χ2n) is 4.14. The zero-order valence-corrected chi connectivity index (χ0v) is 10.4. The Morgan fingerprint density at radius 3 is 2.94 bits per heavy atom. The Morgan fingerprint density at radius 1 is 1.65 bits per heavy atom. The minimum Gasteiger partial charge on any atom is -0.398 e. The summed E-state index contributed by atoms with van der Waals surface area (Å²) in [6, 6.07) is 1.71. The molecule has 0 spiro atoms. The summed E-state index contributed by atoms with van der Waals surface area (Å²) in [6.07, 6.45) is 1.16. The minimum absolute atomic E-state index is 0.0174. The predicted molar refractivity (Wildman–Crippen MR) is 67.0 cm³/mol. The Balaban J connectivity index is 1.95. The van der Waals surface area contributed by atoms with Crippen molar-refractivity contribution >= 4 is 28.8 Å². The van der Waals surface area contributed by atoms with Gasteiger partial charge in [0.2, 0.25) is 5.91 Å². The number of anilines is 1. The van der Waals surface area contributed by atoms with Crippen molar-refractivity contribution in [2.75, 3.05) is 12.3 Å². The third-order valence-corrected chi connectivity index (χ3v) is 3.85. The Morgan fingerprint density at radius 2 is 2.41 bits per heavy atom. The summed E-state index contributed by atoms with van der Waals surface area (Å²) in [6.45, 7) is 2.39. The predicted octanol–water partition coefficient (Wildman–Crippen LogP) is 0.647. The molecule has 1 aliphatic rings. The standard InChI is InChI=1S/C11H15N3O2S/c1-6-8(12)4-9(17-6)11(16)14-7-2-3-10(15)13-5-7/h4,7H,2-3,5,12H2,1H3,(H,13,15)(H,14,16). The van der Waals surface area contributed by atoms with E-state index in [4.69, 9.17) is 5.73 Å². The lowest BCUT2D eigenvalue weighted by atomic mass is 10.1. The van der Waals surface area contributed by atoms with Crippen LogP contribution in [0.3, 0.4) is 0 Å². The van der Waals surface area contributed by atoms with E-state index >= 15 is 0 Å². The number of rotatable bonds is 2. The summed E-state index contributed by atoms with van der Waals surface area (Å²) < 4.78 is 0. The van der Waals surface area contributed by atoms with Gasteiger partial charge in [-0.15, -0.1) is 11.3 Å². The van der Waals surface area contributed by atoms with Gasteiger partial charge in [-0.3, -0.25) is 9.59 Å². The van der Waals surface area contributed by atoms with Gasteiger partial charge in [0.05, 0.1) is 4.88 Å². The number of hydrogen-bond acceptors (Lipinski definition) is 4. The number of amides is 2. The summed E-state index contributed by atoms with van der Waals surface area (Å²) >= 11 is 1.39. The Kier molecular flexibility index (Phi) is 3.33. The lowest BCUT2D eigenvalue weighted by Gasteiger charge is -2.23. The van der Waals surface area contributed by atoms with Gasteiger partial charge in [-0.1, -0.05) is 0 Å². The Labute approximate surface area is 103 Å². The van der Waals surface area contributed by atoms with Gasteiger partial charge in [-0.2, -0.15) is 0 Å². The van der Waals surface area contributed by atoms with Crippen molar-refractivity contribution in [1.82, 2.24) is 10.6 Å². The van der Waals surface area contributed by atoms with Crippen LogP contribution in [-0.2, 0) is 4.79 Å². The highest BCUT2D eigenvalue weighted by atomic mass is 32.1. The molecule has 0 aromatic carbocycles. The molecule has 0 aliphatic carbocycles. The molecule has 0 saturated carbocycles. The summed E-state index contributed by atoms with van der Waals surface area (Å²) in [4.78, 5) is 24.4. The average molecular weight is 253 g/mol. The fourth-order valence-corrected chi connectivity index (χ4v) is 2.56. The Bertz CT molecular complexity index is 426. The zero-order chi connectivity index (χ0) is 12.4. The van der Waals surface area contributed by atoms with Gasteiger partial charge in [0.1, 0.15) is 0 Å². The number of nitrogens with two attached hydrogens (primary N) is 1. The highest BCUT2D eigenvalue weighted by Crippen LogP contribution is 2.23. The maximum atomic E-state index is 11.9. The van der Waals surface area contributed by atoms with Crippen molar-refractivity contribution in [1.29, 1.82) is 0 Å². The topological polar surface area (TPSA) is 84.2 Å². The maximum Gasteiger partial charge on any atom is 0.261 e. The van der Waals surface area contributed by atoms with Gasteiger partial charge in [-0.05, 0) is 19.4 Å². The summed E-state index contributed by atoms with van der Waals surface area (Å²) in [5, 5.41) is 5.63. The van der Waals surface area contributed by atoms with E-state index in [1.807, 2.05) is 6.92 Å². The van der Waals surface area contributed by atoms with Crippen molar-refractivity contribution in [3.63, 3.8) is 0 Å². The molecule has 1 aromatic rings. The van der Waals surface area contributed by atoms with Crippen LogP contribution in [0.5, 0.6) is 0 Å². The SMILES string of the molecule is Cc1sc(C(=O)NC2CCC(=O)NC2)cc1N. The fraction of sp³-hybridized carbons (Fsp3) is 0.455. The van der Waals surface area contributed by atoms with E-state index in [2.05, 4.69) is 10.6 Å². The lowest BCUT2D eigenvalue weighted by Crippen LogP contribution is -2.47. The summed E-state index contributed by atoms with van der Waals surface area (Å²) in [7, 11) is 0. The monoisotopic (exact) mass is 253 g/mol.